The van der Waals surface area contributed by atoms with E-state index in [1.165, 1.54) is 0 Å². The summed E-state index contributed by atoms with van der Waals surface area (Å²) in [6, 6.07) is -0.0242. The van der Waals surface area contributed by atoms with Crippen LogP contribution in [0, 0.1) is 11.8 Å². The molecule has 3 nitrogen and oxygen atoms in total. The number of nitrogens with zero attached hydrogens (tertiary/aromatic N) is 1. The molecule has 16 heavy (non-hydrogen) atoms. The number of hydrogen-bond acceptors (Lipinski definition) is 2. The van der Waals surface area contributed by atoms with E-state index in [4.69, 9.17) is 4.74 Å². The van der Waals surface area contributed by atoms with E-state index in [1.54, 1.807) is 12.0 Å². The lowest BCUT2D eigenvalue weighted by atomic mass is 10.1. The number of carbonyl (C=O) groups is 1. The summed E-state index contributed by atoms with van der Waals surface area (Å²) in [4.78, 5) is 13.4. The number of likely N-dealkylation sites (tertiary alicyclic amines) is 1. The van der Waals surface area contributed by atoms with Gasteiger partial charge in [-0.2, -0.15) is 0 Å². The van der Waals surface area contributed by atoms with E-state index in [9.17, 15) is 13.6 Å². The molecule has 0 aromatic heterocycles. The molecular formula is C11H17F2NO2. The van der Waals surface area contributed by atoms with Gasteiger partial charge in [-0.15, -0.1) is 0 Å². The Bertz CT molecular complexity index is 296. The van der Waals surface area contributed by atoms with Crippen LogP contribution in [0.2, 0.25) is 0 Å². The zero-order valence-electron chi connectivity index (χ0n) is 9.58. The molecule has 0 aromatic rings. The van der Waals surface area contributed by atoms with Crippen LogP contribution in [0.4, 0.5) is 8.78 Å². The van der Waals surface area contributed by atoms with Gasteiger partial charge < -0.3 is 9.64 Å². The van der Waals surface area contributed by atoms with E-state index >= 15 is 0 Å². The van der Waals surface area contributed by atoms with Gasteiger partial charge in [0, 0.05) is 20.1 Å². The summed E-state index contributed by atoms with van der Waals surface area (Å²) in [5.74, 6) is -3.86. The van der Waals surface area contributed by atoms with Crippen molar-refractivity contribution in [2.75, 3.05) is 20.3 Å². The molecule has 1 heterocycles. The van der Waals surface area contributed by atoms with Crippen molar-refractivity contribution in [3.63, 3.8) is 0 Å². The van der Waals surface area contributed by atoms with Crippen LogP contribution in [-0.4, -0.2) is 43.0 Å². The number of halogens is 2. The molecule has 2 aliphatic rings. The number of amides is 1. The fraction of sp³-hybridized carbons (Fsp3) is 0.909. The third kappa shape index (κ3) is 2.05. The quantitative estimate of drug-likeness (QED) is 0.739. The minimum Gasteiger partial charge on any atom is -0.383 e. The maximum absolute atomic E-state index is 12.8. The summed E-state index contributed by atoms with van der Waals surface area (Å²) in [5.41, 5.74) is 0. The van der Waals surface area contributed by atoms with Gasteiger partial charge in [0.1, 0.15) is 5.92 Å². The average molecular weight is 233 g/mol. The van der Waals surface area contributed by atoms with Gasteiger partial charge in [0.05, 0.1) is 12.6 Å². The highest BCUT2D eigenvalue weighted by molar-refractivity contribution is 5.83. The standard InChI is InChI=1S/C11H17F2NO2/c1-7-3-8(6-16-2)14(5-7)10(15)9-4-11(9,12)13/h7-9H,3-6H2,1-2H3. The fourth-order valence-electron chi connectivity index (χ4n) is 2.45. The lowest BCUT2D eigenvalue weighted by Crippen LogP contribution is -2.40. The highest BCUT2D eigenvalue weighted by Gasteiger charge is 2.63. The summed E-state index contributed by atoms with van der Waals surface area (Å²) < 4.78 is 30.7. The highest BCUT2D eigenvalue weighted by atomic mass is 19.3. The molecule has 1 saturated carbocycles. The predicted octanol–water partition coefficient (Wildman–Crippen LogP) is 1.53. The fourth-order valence-corrected chi connectivity index (χ4v) is 2.45. The van der Waals surface area contributed by atoms with Gasteiger partial charge in [0.2, 0.25) is 5.91 Å². The van der Waals surface area contributed by atoms with Gasteiger partial charge in [0.25, 0.3) is 5.92 Å². The first-order valence-corrected chi connectivity index (χ1v) is 5.63. The molecular weight excluding hydrogens is 216 g/mol. The molecule has 2 fully saturated rings. The van der Waals surface area contributed by atoms with E-state index in [0.29, 0.717) is 19.1 Å². The van der Waals surface area contributed by atoms with Crippen molar-refractivity contribution in [3.05, 3.63) is 0 Å². The number of alkyl halides is 2. The van der Waals surface area contributed by atoms with Crippen molar-refractivity contribution < 1.29 is 18.3 Å². The second-order valence-corrected chi connectivity index (χ2v) is 4.96. The van der Waals surface area contributed by atoms with Crippen LogP contribution in [0.25, 0.3) is 0 Å². The first-order chi connectivity index (χ1) is 7.45. The molecule has 0 N–H and O–H groups in total. The summed E-state index contributed by atoms with van der Waals surface area (Å²) in [6.07, 6.45) is 0.564. The van der Waals surface area contributed by atoms with Gasteiger partial charge in [-0.05, 0) is 12.3 Å². The molecule has 2 rings (SSSR count). The molecule has 3 atom stereocenters. The minimum absolute atomic E-state index is 0.0242. The second kappa shape index (κ2) is 3.95. The number of carbonyl (C=O) groups excluding carboxylic acids is 1. The lowest BCUT2D eigenvalue weighted by molar-refractivity contribution is -0.136. The Morgan fingerprint density at radius 2 is 2.19 bits per heavy atom. The Kier molecular flexibility index (Phi) is 2.90. The summed E-state index contributed by atoms with van der Waals surface area (Å²) in [6.45, 7) is 3.05. The molecule has 0 aromatic carbocycles. The highest BCUT2D eigenvalue weighted by Crippen LogP contribution is 2.50. The SMILES string of the molecule is COCC1CC(C)CN1C(=O)C1CC1(F)F. The van der Waals surface area contributed by atoms with E-state index in [2.05, 4.69) is 0 Å². The number of methoxy groups -OCH3 is 1. The minimum atomic E-state index is -2.76. The third-order valence-electron chi connectivity index (χ3n) is 3.39. The Balaban J connectivity index is 1.99. The van der Waals surface area contributed by atoms with Crippen LogP contribution in [-0.2, 0) is 9.53 Å². The molecule has 3 unspecified atom stereocenters. The van der Waals surface area contributed by atoms with Crippen molar-refractivity contribution in [1.82, 2.24) is 4.90 Å². The lowest BCUT2D eigenvalue weighted by Gasteiger charge is -2.24. The number of rotatable bonds is 3. The van der Waals surface area contributed by atoms with Gasteiger partial charge in [-0.1, -0.05) is 6.92 Å². The van der Waals surface area contributed by atoms with Crippen LogP contribution in [0.1, 0.15) is 19.8 Å². The van der Waals surface area contributed by atoms with Crippen LogP contribution in [0.3, 0.4) is 0 Å². The average Bonchev–Trinajstić information content (AvgIpc) is 2.66. The zero-order valence-corrected chi connectivity index (χ0v) is 9.58. The van der Waals surface area contributed by atoms with Gasteiger partial charge in [-0.3, -0.25) is 4.79 Å². The Morgan fingerprint density at radius 3 is 2.69 bits per heavy atom. The van der Waals surface area contributed by atoms with Gasteiger partial charge >= 0.3 is 0 Å². The van der Waals surface area contributed by atoms with Crippen molar-refractivity contribution in [3.8, 4) is 0 Å². The van der Waals surface area contributed by atoms with Crippen molar-refractivity contribution >= 4 is 5.91 Å². The first-order valence-electron chi connectivity index (χ1n) is 5.63. The Labute approximate surface area is 93.7 Å². The van der Waals surface area contributed by atoms with E-state index in [1.807, 2.05) is 6.92 Å². The van der Waals surface area contributed by atoms with Crippen LogP contribution in [0.15, 0.2) is 0 Å². The number of ether oxygens (including phenoxy) is 1. The molecule has 0 spiro atoms. The Morgan fingerprint density at radius 1 is 1.56 bits per heavy atom. The summed E-state index contributed by atoms with van der Waals surface area (Å²) in [5, 5.41) is 0. The smallest absolute Gasteiger partial charge is 0.260 e. The molecule has 0 radical (unpaired) electrons. The third-order valence-corrected chi connectivity index (χ3v) is 3.39. The van der Waals surface area contributed by atoms with Crippen molar-refractivity contribution in [1.29, 1.82) is 0 Å². The summed E-state index contributed by atoms with van der Waals surface area (Å²) in [7, 11) is 1.57. The monoisotopic (exact) mass is 233 g/mol. The van der Waals surface area contributed by atoms with E-state index < -0.39 is 17.7 Å². The molecule has 92 valence electrons. The molecule has 1 aliphatic heterocycles. The van der Waals surface area contributed by atoms with Crippen LogP contribution >= 0.6 is 0 Å². The molecule has 1 saturated heterocycles. The van der Waals surface area contributed by atoms with E-state index in [-0.39, 0.29) is 12.5 Å². The van der Waals surface area contributed by atoms with E-state index in [0.717, 1.165) is 6.42 Å². The molecule has 1 amide bonds. The summed E-state index contributed by atoms with van der Waals surface area (Å²) >= 11 is 0. The Hall–Kier alpha value is -0.710. The normalized spacial score (nSPS) is 36.5. The predicted molar refractivity (Wildman–Crippen MR) is 54.2 cm³/mol. The van der Waals surface area contributed by atoms with Crippen molar-refractivity contribution in [2.24, 2.45) is 11.8 Å². The second-order valence-electron chi connectivity index (χ2n) is 4.96. The van der Waals surface area contributed by atoms with Crippen LogP contribution in [0.5, 0.6) is 0 Å². The molecule has 5 heteroatoms. The first kappa shape index (κ1) is 11.8. The topological polar surface area (TPSA) is 29.5 Å². The largest absolute Gasteiger partial charge is 0.383 e. The molecule has 0 bridgehead atoms. The zero-order chi connectivity index (χ0) is 11.9. The van der Waals surface area contributed by atoms with Crippen molar-refractivity contribution in [2.45, 2.75) is 31.7 Å². The van der Waals surface area contributed by atoms with Gasteiger partial charge in [0.15, 0.2) is 0 Å². The number of hydrogen-bond donors (Lipinski definition) is 0. The maximum Gasteiger partial charge on any atom is 0.260 e. The van der Waals surface area contributed by atoms with Crippen LogP contribution < -0.4 is 0 Å². The maximum atomic E-state index is 12.8. The van der Waals surface area contributed by atoms with Gasteiger partial charge in [-0.25, -0.2) is 8.78 Å². The molecule has 1 aliphatic carbocycles.